The van der Waals surface area contributed by atoms with E-state index >= 15 is 0 Å². The number of hydrogen-bond donors (Lipinski definition) is 0. The Morgan fingerprint density at radius 1 is 1.19 bits per heavy atom. The molecular formula is C15H15N3O3. The van der Waals surface area contributed by atoms with Crippen LogP contribution in [0, 0.1) is 5.92 Å². The number of carbonyl (C=O) groups excluding carboxylic acids is 3. The van der Waals surface area contributed by atoms with Gasteiger partial charge in [-0.25, -0.2) is 5.01 Å². The van der Waals surface area contributed by atoms with Crippen molar-refractivity contribution >= 4 is 23.4 Å². The third kappa shape index (κ3) is 1.21. The maximum Gasteiger partial charge on any atom is 0.262 e. The standard InChI is InChI=1S/C15H15N3O3/c1-9-8-17-11-6-4-3-5-10(11)15(18(17)13(9)20)7-12(19)16(2)14(15)21/h3-6,9H,7-8H2,1-2H3. The molecule has 3 aliphatic heterocycles. The normalized spacial score (nSPS) is 30.7. The Kier molecular flexibility index (Phi) is 2.14. The van der Waals surface area contributed by atoms with Crippen molar-refractivity contribution in [3.8, 4) is 0 Å². The number of rotatable bonds is 0. The summed E-state index contributed by atoms with van der Waals surface area (Å²) in [7, 11) is 1.48. The first-order chi connectivity index (χ1) is 9.98. The van der Waals surface area contributed by atoms with Gasteiger partial charge in [-0.2, -0.15) is 0 Å². The third-order valence-electron chi connectivity index (χ3n) is 4.75. The molecule has 4 rings (SSSR count). The molecule has 0 N–H and O–H groups in total. The van der Waals surface area contributed by atoms with E-state index in [1.165, 1.54) is 12.1 Å². The molecule has 0 aliphatic carbocycles. The molecular weight excluding hydrogens is 270 g/mol. The van der Waals surface area contributed by atoms with Gasteiger partial charge in [0.1, 0.15) is 0 Å². The summed E-state index contributed by atoms with van der Waals surface area (Å²) in [5.74, 6) is -0.833. The van der Waals surface area contributed by atoms with Gasteiger partial charge in [-0.1, -0.05) is 25.1 Å². The summed E-state index contributed by atoms with van der Waals surface area (Å²) >= 11 is 0. The molecule has 6 heteroatoms. The smallest absolute Gasteiger partial charge is 0.262 e. The van der Waals surface area contributed by atoms with E-state index in [1.54, 1.807) is 0 Å². The number of para-hydroxylation sites is 1. The summed E-state index contributed by atoms with van der Waals surface area (Å²) in [5.41, 5.74) is 0.434. The maximum absolute atomic E-state index is 12.8. The Morgan fingerprint density at radius 3 is 2.57 bits per heavy atom. The number of likely N-dealkylation sites (tertiary alicyclic amines) is 1. The van der Waals surface area contributed by atoms with Gasteiger partial charge in [0, 0.05) is 12.6 Å². The minimum Gasteiger partial charge on any atom is -0.283 e. The molecule has 2 saturated heterocycles. The van der Waals surface area contributed by atoms with E-state index in [4.69, 9.17) is 0 Å². The van der Waals surface area contributed by atoms with Crippen molar-refractivity contribution in [2.75, 3.05) is 18.6 Å². The first kappa shape index (κ1) is 12.4. The van der Waals surface area contributed by atoms with Crippen LogP contribution in [-0.2, 0) is 19.9 Å². The molecule has 1 aromatic rings. The molecule has 108 valence electrons. The average molecular weight is 285 g/mol. The van der Waals surface area contributed by atoms with E-state index in [0.29, 0.717) is 6.54 Å². The zero-order chi connectivity index (χ0) is 14.9. The lowest BCUT2D eigenvalue weighted by atomic mass is 9.87. The Bertz CT molecular complexity index is 701. The van der Waals surface area contributed by atoms with Crippen LogP contribution in [0.2, 0.25) is 0 Å². The molecule has 1 aromatic carbocycles. The minimum atomic E-state index is -1.18. The summed E-state index contributed by atoms with van der Waals surface area (Å²) in [6, 6.07) is 7.47. The molecule has 3 aliphatic rings. The van der Waals surface area contributed by atoms with Gasteiger partial charge in [-0.05, 0) is 6.07 Å². The summed E-state index contributed by atoms with van der Waals surface area (Å²) in [6.07, 6.45) is 0.0221. The first-order valence-electron chi connectivity index (χ1n) is 7.00. The quantitative estimate of drug-likeness (QED) is 0.651. The van der Waals surface area contributed by atoms with E-state index in [2.05, 4.69) is 0 Å². The van der Waals surface area contributed by atoms with Crippen molar-refractivity contribution in [2.24, 2.45) is 5.92 Å². The lowest BCUT2D eigenvalue weighted by Gasteiger charge is -2.33. The van der Waals surface area contributed by atoms with Gasteiger partial charge >= 0.3 is 0 Å². The van der Waals surface area contributed by atoms with Gasteiger partial charge in [-0.3, -0.25) is 24.3 Å². The third-order valence-corrected chi connectivity index (χ3v) is 4.75. The molecule has 3 amide bonds. The highest BCUT2D eigenvalue weighted by atomic mass is 16.2. The van der Waals surface area contributed by atoms with E-state index in [1.807, 2.05) is 36.2 Å². The molecule has 2 fully saturated rings. The fourth-order valence-corrected chi connectivity index (χ4v) is 3.69. The fourth-order valence-electron chi connectivity index (χ4n) is 3.69. The zero-order valence-corrected chi connectivity index (χ0v) is 11.9. The van der Waals surface area contributed by atoms with Crippen LogP contribution in [0.5, 0.6) is 0 Å². The first-order valence-corrected chi connectivity index (χ1v) is 7.00. The van der Waals surface area contributed by atoms with Crippen LogP contribution >= 0.6 is 0 Å². The van der Waals surface area contributed by atoms with Gasteiger partial charge in [0.05, 0.1) is 24.6 Å². The average Bonchev–Trinajstić information content (AvgIpc) is 3.00. The van der Waals surface area contributed by atoms with Crippen LogP contribution in [0.1, 0.15) is 18.9 Å². The van der Waals surface area contributed by atoms with Gasteiger partial charge in [-0.15, -0.1) is 0 Å². The molecule has 0 bridgehead atoms. The summed E-state index contributed by atoms with van der Waals surface area (Å²) < 4.78 is 0. The van der Waals surface area contributed by atoms with Crippen molar-refractivity contribution in [1.82, 2.24) is 9.91 Å². The van der Waals surface area contributed by atoms with Crippen LogP contribution in [0.25, 0.3) is 0 Å². The molecule has 0 saturated carbocycles. The monoisotopic (exact) mass is 285 g/mol. The second-order valence-corrected chi connectivity index (χ2v) is 5.95. The molecule has 1 spiro atoms. The van der Waals surface area contributed by atoms with Gasteiger partial charge in [0.25, 0.3) is 5.91 Å². The number of likely N-dealkylation sites (N-methyl/N-ethyl adjacent to an activating group) is 1. The van der Waals surface area contributed by atoms with Crippen LogP contribution < -0.4 is 5.01 Å². The maximum atomic E-state index is 12.8. The summed E-state index contributed by atoms with van der Waals surface area (Å²) in [6.45, 7) is 2.39. The topological polar surface area (TPSA) is 60.9 Å². The number of carbonyl (C=O) groups is 3. The second kappa shape index (κ2) is 3.63. The highest BCUT2D eigenvalue weighted by molar-refractivity contribution is 6.12. The molecule has 0 radical (unpaired) electrons. The van der Waals surface area contributed by atoms with E-state index in [9.17, 15) is 14.4 Å². The van der Waals surface area contributed by atoms with Crippen LogP contribution in [-0.4, -0.2) is 41.2 Å². The van der Waals surface area contributed by atoms with Crippen molar-refractivity contribution in [3.63, 3.8) is 0 Å². The van der Waals surface area contributed by atoms with Crippen LogP contribution in [0.15, 0.2) is 24.3 Å². The Balaban J connectivity index is 2.00. The Hall–Kier alpha value is -2.37. The van der Waals surface area contributed by atoms with Gasteiger partial charge in [0.15, 0.2) is 5.54 Å². The fraction of sp³-hybridized carbons (Fsp3) is 0.400. The molecule has 0 aromatic heterocycles. The van der Waals surface area contributed by atoms with Gasteiger partial charge in [0.2, 0.25) is 11.8 Å². The number of nitrogens with zero attached hydrogens (tertiary/aromatic N) is 3. The lowest BCUT2D eigenvalue weighted by Crippen LogP contribution is -2.53. The molecule has 2 unspecified atom stereocenters. The molecule has 21 heavy (non-hydrogen) atoms. The molecule has 6 nitrogen and oxygen atoms in total. The number of hydrazine groups is 1. The highest BCUT2D eigenvalue weighted by Crippen LogP contribution is 2.52. The molecule has 3 heterocycles. The summed E-state index contributed by atoms with van der Waals surface area (Å²) in [5, 5.41) is 3.37. The van der Waals surface area contributed by atoms with E-state index in [0.717, 1.165) is 16.2 Å². The second-order valence-electron chi connectivity index (χ2n) is 5.95. The number of amides is 3. The van der Waals surface area contributed by atoms with Crippen LogP contribution in [0.3, 0.4) is 0 Å². The van der Waals surface area contributed by atoms with E-state index in [-0.39, 0.29) is 30.1 Å². The largest absolute Gasteiger partial charge is 0.283 e. The van der Waals surface area contributed by atoms with Crippen molar-refractivity contribution in [1.29, 1.82) is 0 Å². The Morgan fingerprint density at radius 2 is 1.90 bits per heavy atom. The molecule has 2 atom stereocenters. The van der Waals surface area contributed by atoms with Crippen molar-refractivity contribution < 1.29 is 14.4 Å². The Labute approximate surface area is 121 Å². The predicted molar refractivity (Wildman–Crippen MR) is 73.9 cm³/mol. The predicted octanol–water partition coefficient (Wildman–Crippen LogP) is 0.484. The number of benzene rings is 1. The minimum absolute atomic E-state index is 0.0221. The number of fused-ring (bicyclic) bond motifs is 5. The van der Waals surface area contributed by atoms with E-state index < -0.39 is 5.54 Å². The van der Waals surface area contributed by atoms with Crippen LogP contribution in [0.4, 0.5) is 5.69 Å². The van der Waals surface area contributed by atoms with Crippen molar-refractivity contribution in [3.05, 3.63) is 29.8 Å². The number of anilines is 1. The lowest BCUT2D eigenvalue weighted by molar-refractivity contribution is -0.148. The SMILES string of the molecule is CC1CN2c3ccccc3C3(CC(=O)N(C)C3=O)N2C1=O. The summed E-state index contributed by atoms with van der Waals surface area (Å²) in [4.78, 5) is 38.6. The van der Waals surface area contributed by atoms with Gasteiger partial charge < -0.3 is 0 Å². The number of imide groups is 1. The van der Waals surface area contributed by atoms with Crippen molar-refractivity contribution in [2.45, 2.75) is 18.9 Å². The zero-order valence-electron chi connectivity index (χ0n) is 11.9. The highest BCUT2D eigenvalue weighted by Gasteiger charge is 2.65. The number of hydrogen-bond acceptors (Lipinski definition) is 4.